The highest BCUT2D eigenvalue weighted by Gasteiger charge is 2.30. The summed E-state index contributed by atoms with van der Waals surface area (Å²) >= 11 is 0. The lowest BCUT2D eigenvalue weighted by Gasteiger charge is -2.25. The molecular weight excluding hydrogens is 440 g/mol. The van der Waals surface area contributed by atoms with Crippen molar-refractivity contribution in [2.75, 3.05) is 5.32 Å². The van der Waals surface area contributed by atoms with Gasteiger partial charge in [-0.25, -0.2) is 0 Å². The zero-order chi connectivity index (χ0) is 23.3. The van der Waals surface area contributed by atoms with Crippen molar-refractivity contribution < 1.29 is 13.5 Å². The Morgan fingerprint density at radius 2 is 1.73 bits per heavy atom. The zero-order valence-electron chi connectivity index (χ0n) is 18.3. The molecule has 1 saturated carbocycles. The van der Waals surface area contributed by atoms with E-state index in [9.17, 15) is 18.3 Å². The molecule has 0 bridgehead atoms. The number of hydrogen-bond acceptors (Lipinski definition) is 6. The van der Waals surface area contributed by atoms with E-state index in [1.54, 1.807) is 42.5 Å². The normalized spacial score (nSPS) is 21.8. The number of amidine groups is 1. The molecule has 3 aromatic rings. The molecule has 1 aliphatic heterocycles. The third-order valence-electron chi connectivity index (χ3n) is 6.11. The van der Waals surface area contributed by atoms with Gasteiger partial charge in [-0.1, -0.05) is 38.1 Å². The Hall–Kier alpha value is -3.46. The number of fused-ring (bicyclic) bond motifs is 2. The van der Waals surface area contributed by atoms with E-state index in [1.807, 2.05) is 0 Å². The van der Waals surface area contributed by atoms with Crippen molar-refractivity contribution in [2.45, 2.75) is 38.0 Å². The number of pyridine rings is 1. The van der Waals surface area contributed by atoms with Crippen LogP contribution in [0.2, 0.25) is 0 Å². The van der Waals surface area contributed by atoms with Gasteiger partial charge >= 0.3 is 0 Å². The van der Waals surface area contributed by atoms with Crippen LogP contribution in [-0.2, 0) is 10.0 Å². The summed E-state index contributed by atoms with van der Waals surface area (Å²) < 4.78 is 30.6. The SMILES string of the molecule is CC1CC(=Nn2c(=O)c(C3=NS(=O)(=O)c4ccccc4N3)c(O)c3ccccc32)CC(C)C1. The van der Waals surface area contributed by atoms with Crippen molar-refractivity contribution in [3.8, 4) is 5.75 Å². The minimum Gasteiger partial charge on any atom is -0.506 e. The molecule has 170 valence electrons. The van der Waals surface area contributed by atoms with Crippen molar-refractivity contribution in [3.63, 3.8) is 0 Å². The molecule has 0 saturated heterocycles. The quantitative estimate of drug-likeness (QED) is 0.597. The van der Waals surface area contributed by atoms with Crippen molar-refractivity contribution in [2.24, 2.45) is 21.3 Å². The first-order valence-corrected chi connectivity index (χ1v) is 12.3. The summed E-state index contributed by atoms with van der Waals surface area (Å²) in [6.45, 7) is 4.33. The monoisotopic (exact) mass is 464 g/mol. The Bertz CT molecular complexity index is 1490. The Morgan fingerprint density at radius 3 is 2.48 bits per heavy atom. The van der Waals surface area contributed by atoms with Gasteiger partial charge in [0.1, 0.15) is 16.2 Å². The van der Waals surface area contributed by atoms with Crippen LogP contribution in [0.3, 0.4) is 0 Å². The van der Waals surface area contributed by atoms with Crippen LogP contribution < -0.4 is 10.9 Å². The van der Waals surface area contributed by atoms with E-state index in [4.69, 9.17) is 5.10 Å². The number of rotatable bonds is 2. The highest BCUT2D eigenvalue weighted by atomic mass is 32.2. The fourth-order valence-electron chi connectivity index (χ4n) is 4.81. The second-order valence-corrected chi connectivity index (χ2v) is 10.5. The van der Waals surface area contributed by atoms with Crippen LogP contribution in [-0.4, -0.2) is 29.7 Å². The van der Waals surface area contributed by atoms with Crippen molar-refractivity contribution >= 4 is 38.2 Å². The Kier molecular flexibility index (Phi) is 5.08. The smallest absolute Gasteiger partial charge is 0.286 e. The van der Waals surface area contributed by atoms with E-state index in [-0.39, 0.29) is 22.0 Å². The minimum absolute atomic E-state index is 0.0137. The fourth-order valence-corrected chi connectivity index (χ4v) is 5.93. The van der Waals surface area contributed by atoms with Gasteiger partial charge in [-0.2, -0.15) is 18.2 Å². The summed E-state index contributed by atoms with van der Waals surface area (Å²) in [4.78, 5) is 13.7. The number of para-hydroxylation sites is 2. The average Bonchev–Trinajstić information content (AvgIpc) is 2.76. The van der Waals surface area contributed by atoms with E-state index in [1.165, 1.54) is 10.7 Å². The number of nitrogens with zero attached hydrogens (tertiary/aromatic N) is 3. The highest BCUT2D eigenvalue weighted by Crippen LogP contribution is 2.32. The first-order chi connectivity index (χ1) is 15.7. The molecule has 33 heavy (non-hydrogen) atoms. The molecule has 0 spiro atoms. The van der Waals surface area contributed by atoms with E-state index in [2.05, 4.69) is 23.6 Å². The predicted octanol–water partition coefficient (Wildman–Crippen LogP) is 3.93. The summed E-state index contributed by atoms with van der Waals surface area (Å²) in [5, 5.41) is 19.0. The number of nitrogens with one attached hydrogen (secondary N) is 1. The molecule has 9 heteroatoms. The molecule has 1 aromatic heterocycles. The lowest BCUT2D eigenvalue weighted by atomic mass is 9.82. The van der Waals surface area contributed by atoms with Gasteiger partial charge in [-0.3, -0.25) is 4.79 Å². The van der Waals surface area contributed by atoms with Crippen LogP contribution in [0, 0.1) is 11.8 Å². The van der Waals surface area contributed by atoms with Gasteiger partial charge in [0.15, 0.2) is 5.84 Å². The highest BCUT2D eigenvalue weighted by molar-refractivity contribution is 7.90. The molecule has 2 unspecified atom stereocenters. The topological polar surface area (TPSA) is 113 Å². The van der Waals surface area contributed by atoms with E-state index >= 15 is 0 Å². The number of hydrogen-bond donors (Lipinski definition) is 2. The number of anilines is 1. The fraction of sp³-hybridized carbons (Fsp3) is 0.292. The number of aromatic hydroxyl groups is 1. The second kappa shape index (κ2) is 7.84. The Labute approximate surface area is 191 Å². The molecule has 0 radical (unpaired) electrons. The first-order valence-electron chi connectivity index (χ1n) is 10.9. The summed E-state index contributed by atoms with van der Waals surface area (Å²) in [6.07, 6.45) is 2.66. The molecule has 0 amide bonds. The van der Waals surface area contributed by atoms with Crippen LogP contribution in [0.5, 0.6) is 5.75 Å². The number of sulfonamides is 1. The maximum Gasteiger partial charge on any atom is 0.286 e. The van der Waals surface area contributed by atoms with E-state index in [0.717, 1.165) is 25.0 Å². The molecule has 1 aliphatic carbocycles. The third kappa shape index (κ3) is 3.72. The molecule has 2 heterocycles. The summed E-state index contributed by atoms with van der Waals surface area (Å²) in [5.41, 5.74) is 0.782. The van der Waals surface area contributed by atoms with Gasteiger partial charge < -0.3 is 10.4 Å². The molecule has 2 atom stereocenters. The largest absolute Gasteiger partial charge is 0.506 e. The van der Waals surface area contributed by atoms with Crippen molar-refractivity contribution in [1.82, 2.24) is 4.68 Å². The number of aromatic nitrogens is 1. The van der Waals surface area contributed by atoms with Gasteiger partial charge in [-0.15, -0.1) is 4.40 Å². The molecule has 8 nitrogen and oxygen atoms in total. The average molecular weight is 465 g/mol. The van der Waals surface area contributed by atoms with Gasteiger partial charge in [0.2, 0.25) is 0 Å². The predicted molar refractivity (Wildman–Crippen MR) is 129 cm³/mol. The van der Waals surface area contributed by atoms with Gasteiger partial charge in [0, 0.05) is 11.1 Å². The van der Waals surface area contributed by atoms with E-state index in [0.29, 0.717) is 28.4 Å². The molecule has 2 N–H and O–H groups in total. The molecule has 5 rings (SSSR count). The maximum atomic E-state index is 13.6. The lowest BCUT2D eigenvalue weighted by Crippen LogP contribution is -2.32. The molecular formula is C24H24N4O4S. The van der Waals surface area contributed by atoms with Crippen LogP contribution in [0.4, 0.5) is 5.69 Å². The molecule has 2 aromatic carbocycles. The van der Waals surface area contributed by atoms with Crippen LogP contribution in [0.15, 0.2) is 67.7 Å². The van der Waals surface area contributed by atoms with Crippen LogP contribution >= 0.6 is 0 Å². The van der Waals surface area contributed by atoms with Gasteiger partial charge in [0.05, 0.1) is 11.2 Å². The summed E-state index contributed by atoms with van der Waals surface area (Å²) in [5.74, 6) is 0.355. The van der Waals surface area contributed by atoms with Crippen LogP contribution in [0.25, 0.3) is 10.9 Å². The summed E-state index contributed by atoms with van der Waals surface area (Å²) in [7, 11) is -4.05. The van der Waals surface area contributed by atoms with Gasteiger partial charge in [0.25, 0.3) is 15.6 Å². The third-order valence-corrected chi connectivity index (χ3v) is 7.45. The first kappa shape index (κ1) is 21.4. The Balaban J connectivity index is 1.75. The maximum absolute atomic E-state index is 13.6. The molecule has 1 fully saturated rings. The van der Waals surface area contributed by atoms with Gasteiger partial charge in [-0.05, 0) is 55.4 Å². The lowest BCUT2D eigenvalue weighted by molar-refractivity contribution is 0.398. The van der Waals surface area contributed by atoms with E-state index < -0.39 is 15.6 Å². The molecule has 2 aliphatic rings. The van der Waals surface area contributed by atoms with Crippen LogP contribution in [0.1, 0.15) is 38.7 Å². The minimum atomic E-state index is -4.05. The number of benzene rings is 2. The standard InChI is InChI=1S/C24H24N4O4S/c1-14-11-15(2)13-16(12-14)26-28-19-9-5-3-7-17(19)22(29)21(24(28)30)23-25-18-8-4-6-10-20(18)33(31,32)27-23/h3-10,14-15,29H,11-13H2,1-2H3,(H,25,27). The second-order valence-electron chi connectivity index (χ2n) is 8.91. The van der Waals surface area contributed by atoms with Crippen molar-refractivity contribution in [3.05, 3.63) is 64.4 Å². The zero-order valence-corrected chi connectivity index (χ0v) is 19.1. The van der Waals surface area contributed by atoms with Crippen molar-refractivity contribution in [1.29, 1.82) is 0 Å². The summed E-state index contributed by atoms with van der Waals surface area (Å²) in [6, 6.07) is 13.2. The Morgan fingerprint density at radius 1 is 1.06 bits per heavy atom.